The van der Waals surface area contributed by atoms with Crippen LogP contribution in [-0.4, -0.2) is 37.4 Å². The second-order valence-electron chi connectivity index (χ2n) is 5.35. The van der Waals surface area contributed by atoms with Crippen molar-refractivity contribution < 1.29 is 0 Å². The van der Waals surface area contributed by atoms with Crippen molar-refractivity contribution >= 4 is 37.7 Å². The number of thiazole rings is 1. The highest BCUT2D eigenvalue weighted by Crippen LogP contribution is 2.22. The van der Waals surface area contributed by atoms with Crippen molar-refractivity contribution in [1.82, 2.24) is 24.3 Å². The van der Waals surface area contributed by atoms with Crippen molar-refractivity contribution in [2.24, 2.45) is 12.8 Å². The summed E-state index contributed by atoms with van der Waals surface area (Å²) < 4.78 is 3.25. The average Bonchev–Trinajstić information content (AvgIpc) is 3.15. The maximum absolute atomic E-state index is 12.8. The number of nitrogens with one attached hydrogen (secondary N) is 1. The number of benzene rings is 1. The average molecular weight is 341 g/mol. The Bertz CT molecular complexity index is 1090. The molecule has 8 nitrogen and oxygen atoms in total. The molecule has 3 heterocycles. The summed E-state index contributed by atoms with van der Waals surface area (Å²) in [4.78, 5) is 22.1. The summed E-state index contributed by atoms with van der Waals surface area (Å²) in [6, 6.07) is 5.65. The fraction of sp³-hybridized carbons (Fsp3) is 0.200. The lowest BCUT2D eigenvalue weighted by Crippen LogP contribution is -2.18. The third-order valence-corrected chi connectivity index (χ3v) is 4.54. The second kappa shape index (κ2) is 5.69. The van der Waals surface area contributed by atoms with Crippen molar-refractivity contribution in [3.05, 3.63) is 41.1 Å². The van der Waals surface area contributed by atoms with E-state index in [4.69, 9.17) is 5.73 Å². The van der Waals surface area contributed by atoms with Gasteiger partial charge in [0.2, 0.25) is 0 Å². The van der Waals surface area contributed by atoms with Crippen LogP contribution in [0.4, 0.5) is 5.13 Å². The van der Waals surface area contributed by atoms with E-state index in [-0.39, 0.29) is 5.56 Å². The van der Waals surface area contributed by atoms with Crippen LogP contribution in [0.2, 0.25) is 0 Å². The number of aryl methyl sites for hydroxylation is 1. The van der Waals surface area contributed by atoms with E-state index in [0.29, 0.717) is 28.6 Å². The van der Waals surface area contributed by atoms with Crippen LogP contribution in [0.25, 0.3) is 26.9 Å². The van der Waals surface area contributed by atoms with Crippen molar-refractivity contribution in [3.63, 3.8) is 0 Å². The van der Waals surface area contributed by atoms with Gasteiger partial charge in [0.05, 0.1) is 11.2 Å². The molecule has 0 aliphatic rings. The van der Waals surface area contributed by atoms with E-state index in [1.54, 1.807) is 4.68 Å². The first-order valence-electron chi connectivity index (χ1n) is 7.41. The molecule has 3 N–H and O–H groups in total. The standard InChI is InChI=1S/C15H15N7OS/c1-21-7-9-6-10(2-3-11(9)20-21)22-8-18-13-12(14(22)23)19-15(24-13)17-5-4-16/h2-3,6-8H,4-5,16H2,1H3,(H,17,19). The third-order valence-electron chi connectivity index (χ3n) is 3.62. The molecule has 0 bridgehead atoms. The summed E-state index contributed by atoms with van der Waals surface area (Å²) in [5, 5.41) is 9.03. The summed E-state index contributed by atoms with van der Waals surface area (Å²) in [5.74, 6) is 0. The minimum Gasteiger partial charge on any atom is -0.360 e. The maximum atomic E-state index is 12.8. The summed E-state index contributed by atoms with van der Waals surface area (Å²) in [6.45, 7) is 1.10. The lowest BCUT2D eigenvalue weighted by Gasteiger charge is -2.04. The predicted octanol–water partition coefficient (Wildman–Crippen LogP) is 1.10. The van der Waals surface area contributed by atoms with Gasteiger partial charge in [0.1, 0.15) is 6.33 Å². The van der Waals surface area contributed by atoms with Crippen LogP contribution >= 0.6 is 11.3 Å². The molecule has 0 fully saturated rings. The molecule has 0 atom stereocenters. The normalized spacial score (nSPS) is 11.4. The Balaban J connectivity index is 1.82. The molecule has 1 aromatic carbocycles. The quantitative estimate of drug-likeness (QED) is 0.576. The minimum atomic E-state index is -0.194. The predicted molar refractivity (Wildman–Crippen MR) is 94.8 cm³/mol. The highest BCUT2D eigenvalue weighted by atomic mass is 32.1. The minimum absolute atomic E-state index is 0.194. The van der Waals surface area contributed by atoms with Crippen molar-refractivity contribution in [1.29, 1.82) is 0 Å². The molecule has 0 aliphatic carbocycles. The van der Waals surface area contributed by atoms with Crippen LogP contribution in [0, 0.1) is 0 Å². The summed E-state index contributed by atoms with van der Waals surface area (Å²) >= 11 is 1.35. The van der Waals surface area contributed by atoms with E-state index in [1.807, 2.05) is 31.4 Å². The summed E-state index contributed by atoms with van der Waals surface area (Å²) in [6.07, 6.45) is 3.45. The van der Waals surface area contributed by atoms with Gasteiger partial charge in [-0.15, -0.1) is 0 Å². The van der Waals surface area contributed by atoms with Gasteiger partial charge in [-0.3, -0.25) is 14.0 Å². The SMILES string of the molecule is Cn1cc2cc(-n3cnc4sc(NCCN)nc4c3=O)ccc2n1. The molecule has 0 radical (unpaired) electrons. The highest BCUT2D eigenvalue weighted by molar-refractivity contribution is 7.21. The molecule has 4 rings (SSSR count). The van der Waals surface area contributed by atoms with E-state index < -0.39 is 0 Å². The van der Waals surface area contributed by atoms with Gasteiger partial charge in [-0.25, -0.2) is 9.97 Å². The van der Waals surface area contributed by atoms with Gasteiger partial charge in [-0.05, 0) is 18.2 Å². The molecule has 3 aromatic heterocycles. The van der Waals surface area contributed by atoms with Gasteiger partial charge in [-0.1, -0.05) is 11.3 Å². The fourth-order valence-corrected chi connectivity index (χ4v) is 3.36. The number of nitrogens with zero attached hydrogens (tertiary/aromatic N) is 5. The van der Waals surface area contributed by atoms with E-state index in [9.17, 15) is 4.79 Å². The zero-order valence-electron chi connectivity index (χ0n) is 12.9. The van der Waals surface area contributed by atoms with Crippen molar-refractivity contribution in [2.75, 3.05) is 18.4 Å². The molecule has 24 heavy (non-hydrogen) atoms. The Kier molecular flexibility index (Phi) is 3.51. The largest absolute Gasteiger partial charge is 0.360 e. The molecule has 0 spiro atoms. The third kappa shape index (κ3) is 2.43. The number of hydrogen-bond donors (Lipinski definition) is 2. The molecular weight excluding hydrogens is 326 g/mol. The van der Waals surface area contributed by atoms with E-state index in [0.717, 1.165) is 16.6 Å². The number of hydrogen-bond acceptors (Lipinski definition) is 7. The van der Waals surface area contributed by atoms with Gasteiger partial charge in [0.25, 0.3) is 5.56 Å². The molecule has 0 aliphatic heterocycles. The fourth-order valence-electron chi connectivity index (χ4n) is 2.54. The lowest BCUT2D eigenvalue weighted by molar-refractivity contribution is 0.780. The van der Waals surface area contributed by atoms with Crippen LogP contribution < -0.4 is 16.6 Å². The number of nitrogens with two attached hydrogens (primary N) is 1. The zero-order valence-corrected chi connectivity index (χ0v) is 13.7. The van der Waals surface area contributed by atoms with E-state index in [1.165, 1.54) is 22.2 Å². The van der Waals surface area contributed by atoms with Gasteiger partial charge >= 0.3 is 0 Å². The van der Waals surface area contributed by atoms with Crippen LogP contribution in [0.1, 0.15) is 0 Å². The van der Waals surface area contributed by atoms with E-state index >= 15 is 0 Å². The first-order chi connectivity index (χ1) is 11.7. The van der Waals surface area contributed by atoms with E-state index in [2.05, 4.69) is 20.4 Å². The van der Waals surface area contributed by atoms with Gasteiger partial charge in [0, 0.05) is 31.7 Å². The van der Waals surface area contributed by atoms with Crippen LogP contribution in [-0.2, 0) is 7.05 Å². The monoisotopic (exact) mass is 341 g/mol. The number of fused-ring (bicyclic) bond motifs is 2. The number of anilines is 1. The molecule has 122 valence electrons. The van der Waals surface area contributed by atoms with Gasteiger partial charge in [0.15, 0.2) is 15.5 Å². The Morgan fingerprint density at radius 3 is 3.08 bits per heavy atom. The first kappa shape index (κ1) is 14.8. The molecular formula is C15H15N7OS. The Morgan fingerprint density at radius 1 is 1.38 bits per heavy atom. The van der Waals surface area contributed by atoms with Crippen LogP contribution in [0.5, 0.6) is 0 Å². The molecule has 9 heteroatoms. The summed E-state index contributed by atoms with van der Waals surface area (Å²) in [7, 11) is 1.87. The van der Waals surface area contributed by atoms with Crippen molar-refractivity contribution in [3.8, 4) is 5.69 Å². The maximum Gasteiger partial charge on any atom is 0.285 e. The lowest BCUT2D eigenvalue weighted by atomic mass is 10.2. The second-order valence-corrected chi connectivity index (χ2v) is 6.33. The molecule has 0 unspecified atom stereocenters. The molecule has 0 saturated carbocycles. The van der Waals surface area contributed by atoms with Crippen LogP contribution in [0.15, 0.2) is 35.5 Å². The number of aromatic nitrogens is 5. The van der Waals surface area contributed by atoms with Crippen LogP contribution in [0.3, 0.4) is 0 Å². The van der Waals surface area contributed by atoms with Crippen molar-refractivity contribution in [2.45, 2.75) is 0 Å². The summed E-state index contributed by atoms with van der Waals surface area (Å²) in [5.41, 5.74) is 7.25. The Hall–Kier alpha value is -2.78. The first-order valence-corrected chi connectivity index (χ1v) is 8.23. The smallest absolute Gasteiger partial charge is 0.285 e. The van der Waals surface area contributed by atoms with Gasteiger partial charge in [-0.2, -0.15) is 5.10 Å². The molecule has 4 aromatic rings. The van der Waals surface area contributed by atoms with Gasteiger partial charge < -0.3 is 11.1 Å². The molecule has 0 amide bonds. The molecule has 0 saturated heterocycles. The topological polar surface area (TPSA) is 104 Å². The number of rotatable bonds is 4. The Labute approximate surface area is 140 Å². The Morgan fingerprint density at radius 2 is 2.25 bits per heavy atom. The zero-order chi connectivity index (χ0) is 16.7. The highest BCUT2D eigenvalue weighted by Gasteiger charge is 2.12.